The SMILES string of the molecule is C=CCOC(=O)N1CC(=O)C[C@H]1C(=O)OC.C=CCOC(=O)N1C[C@](O)(c2ccc(-c3ccccc3)cc2)C[C@H]1C(=O)OC.C=CCOC(=O)N1C[C@](OC)(c2ccc(-c3ccccc3)cc2)C[C@H]1C(=O)OC. The smallest absolute Gasteiger partial charge is 0.411 e. The number of amides is 3. The van der Waals surface area contributed by atoms with Crippen LogP contribution in [0.3, 0.4) is 0 Å². The van der Waals surface area contributed by atoms with Crippen LogP contribution in [0.5, 0.6) is 0 Å². The van der Waals surface area contributed by atoms with E-state index < -0.39 is 65.5 Å². The molecule has 18 nitrogen and oxygen atoms in total. The predicted octanol–water partition coefficient (Wildman–Crippen LogP) is 7.00. The zero-order valence-corrected chi connectivity index (χ0v) is 41.3. The maximum atomic E-state index is 12.5. The number of hydrogen-bond acceptors (Lipinski definition) is 15. The van der Waals surface area contributed by atoms with Gasteiger partial charge in [0.2, 0.25) is 0 Å². The van der Waals surface area contributed by atoms with Gasteiger partial charge >= 0.3 is 36.2 Å². The molecule has 0 bridgehead atoms. The van der Waals surface area contributed by atoms with E-state index in [-0.39, 0.29) is 64.5 Å². The molecule has 0 aliphatic carbocycles. The molecule has 3 amide bonds. The van der Waals surface area contributed by atoms with E-state index in [9.17, 15) is 38.7 Å². The Morgan fingerprint density at radius 1 is 0.534 bits per heavy atom. The molecule has 0 aromatic heterocycles. The fraction of sp³-hybridized carbons (Fsp3) is 0.327. The first-order chi connectivity index (χ1) is 35.1. The maximum absolute atomic E-state index is 12.5. The minimum absolute atomic E-state index is 0.0180. The molecule has 4 aromatic rings. The molecule has 386 valence electrons. The molecule has 0 saturated carbocycles. The van der Waals surface area contributed by atoms with Crippen molar-refractivity contribution in [1.29, 1.82) is 0 Å². The van der Waals surface area contributed by atoms with Crippen molar-refractivity contribution in [3.05, 3.63) is 158 Å². The number of benzene rings is 4. The Balaban J connectivity index is 0.000000212. The number of methoxy groups -OCH3 is 4. The van der Waals surface area contributed by atoms with Gasteiger partial charge in [-0.3, -0.25) is 19.5 Å². The molecular formula is C55H61N3O15. The lowest BCUT2D eigenvalue weighted by molar-refractivity contribution is -0.146. The lowest BCUT2D eigenvalue weighted by atomic mass is 9.89. The summed E-state index contributed by atoms with van der Waals surface area (Å²) in [5.41, 5.74) is 3.56. The van der Waals surface area contributed by atoms with Gasteiger partial charge in [-0.1, -0.05) is 147 Å². The van der Waals surface area contributed by atoms with Crippen LogP contribution >= 0.6 is 0 Å². The van der Waals surface area contributed by atoms with Gasteiger partial charge in [0.15, 0.2) is 5.78 Å². The molecular weight excluding hydrogens is 943 g/mol. The minimum atomic E-state index is -1.37. The Kier molecular flexibility index (Phi) is 20.2. The molecule has 0 radical (unpaired) electrons. The van der Waals surface area contributed by atoms with E-state index in [1.165, 1.54) is 49.4 Å². The quantitative estimate of drug-likeness (QED) is 0.0765. The van der Waals surface area contributed by atoms with Gasteiger partial charge in [-0.2, -0.15) is 0 Å². The lowest BCUT2D eigenvalue weighted by Gasteiger charge is -2.28. The Labute approximate surface area is 424 Å². The summed E-state index contributed by atoms with van der Waals surface area (Å²) in [5.74, 6) is -1.89. The van der Waals surface area contributed by atoms with Crippen molar-refractivity contribution in [3.63, 3.8) is 0 Å². The third kappa shape index (κ3) is 13.9. The van der Waals surface area contributed by atoms with E-state index in [0.29, 0.717) is 5.56 Å². The summed E-state index contributed by atoms with van der Waals surface area (Å²) in [4.78, 5) is 86.9. The number of carbonyl (C=O) groups excluding carboxylic acids is 7. The Bertz CT molecular complexity index is 2570. The van der Waals surface area contributed by atoms with Crippen molar-refractivity contribution in [2.75, 3.05) is 67.9 Å². The average molecular weight is 1000 g/mol. The number of Topliss-reactive ketones (excluding diaryl/α,β-unsaturated/α-hetero) is 1. The van der Waals surface area contributed by atoms with Gasteiger partial charge in [0.25, 0.3) is 0 Å². The molecule has 0 spiro atoms. The standard InChI is InChI=1S/C23H25NO5.C22H23NO5.C10H13NO5/c1-4-14-29-22(26)24-16-23(28-3,15-20(24)21(25)27-2)19-12-10-18(11-13-19)17-8-6-5-7-9-17;1-3-13-28-21(25)23-15-22(26,14-19(23)20(24)27-2)18-11-9-17(10-12-18)16-7-5-4-6-8-16;1-3-4-16-10(14)11-6-7(12)5-8(11)9(13)15-2/h4-13,20H,1,14-16H2,2-3H3;3-12,19,26H,1,13-15H2,2H3;3,8H,1,4-6H2,2H3/t20-,23-;19-,22-;8-/m000/s1. The van der Waals surface area contributed by atoms with Crippen LogP contribution < -0.4 is 0 Å². The van der Waals surface area contributed by atoms with Gasteiger partial charge in [0.1, 0.15) is 49.1 Å². The van der Waals surface area contributed by atoms with E-state index in [1.54, 1.807) is 7.11 Å². The monoisotopic (exact) mass is 1000 g/mol. The van der Waals surface area contributed by atoms with Crippen molar-refractivity contribution < 1.29 is 71.8 Å². The van der Waals surface area contributed by atoms with Crippen molar-refractivity contribution >= 4 is 42.0 Å². The molecule has 3 aliphatic rings. The van der Waals surface area contributed by atoms with Crippen molar-refractivity contribution in [1.82, 2.24) is 14.7 Å². The summed E-state index contributed by atoms with van der Waals surface area (Å²) in [5, 5.41) is 11.2. The molecule has 3 heterocycles. The highest BCUT2D eigenvalue weighted by atomic mass is 16.6. The van der Waals surface area contributed by atoms with E-state index in [1.807, 2.05) is 109 Å². The van der Waals surface area contributed by atoms with E-state index in [2.05, 4.69) is 24.5 Å². The van der Waals surface area contributed by atoms with Gasteiger partial charge in [-0.25, -0.2) is 28.8 Å². The third-order valence-corrected chi connectivity index (χ3v) is 12.3. The largest absolute Gasteiger partial charge is 0.467 e. The van der Waals surface area contributed by atoms with Gasteiger partial charge in [0.05, 0.1) is 41.0 Å². The molecule has 4 aromatic carbocycles. The third-order valence-electron chi connectivity index (χ3n) is 12.3. The van der Waals surface area contributed by atoms with Crippen LogP contribution in [0.4, 0.5) is 14.4 Å². The van der Waals surface area contributed by atoms with Crippen molar-refractivity contribution in [3.8, 4) is 22.3 Å². The van der Waals surface area contributed by atoms with Crippen LogP contribution in [0.2, 0.25) is 0 Å². The molecule has 0 unspecified atom stereocenters. The molecule has 5 atom stereocenters. The summed E-state index contributed by atoms with van der Waals surface area (Å²) in [6.45, 7) is 10.6. The fourth-order valence-corrected chi connectivity index (χ4v) is 8.59. The number of likely N-dealkylation sites (tertiary alicyclic amines) is 3. The molecule has 3 aliphatic heterocycles. The molecule has 3 saturated heterocycles. The van der Waals surface area contributed by atoms with Gasteiger partial charge < -0.3 is 38.3 Å². The second-order valence-electron chi connectivity index (χ2n) is 16.9. The number of carbonyl (C=O) groups is 7. The summed E-state index contributed by atoms with van der Waals surface area (Å²) in [7, 11) is 5.34. The van der Waals surface area contributed by atoms with E-state index in [0.717, 1.165) is 32.7 Å². The Hall–Kier alpha value is -8.09. The number of rotatable bonds is 14. The fourth-order valence-electron chi connectivity index (χ4n) is 8.59. The lowest BCUT2D eigenvalue weighted by Crippen LogP contribution is -2.42. The van der Waals surface area contributed by atoms with Crippen LogP contribution in [-0.2, 0) is 63.5 Å². The number of nitrogens with zero attached hydrogens (tertiary/aromatic N) is 3. The number of esters is 3. The summed E-state index contributed by atoms with van der Waals surface area (Å²) >= 11 is 0. The number of hydrogen-bond donors (Lipinski definition) is 1. The summed E-state index contributed by atoms with van der Waals surface area (Å²) in [6, 6.07) is 32.8. The molecule has 18 heteroatoms. The highest BCUT2D eigenvalue weighted by Crippen LogP contribution is 2.41. The first-order valence-corrected chi connectivity index (χ1v) is 23.1. The Morgan fingerprint density at radius 2 is 0.918 bits per heavy atom. The van der Waals surface area contributed by atoms with Crippen LogP contribution in [0.25, 0.3) is 22.3 Å². The van der Waals surface area contributed by atoms with Crippen molar-refractivity contribution in [2.45, 2.75) is 48.6 Å². The minimum Gasteiger partial charge on any atom is -0.467 e. The van der Waals surface area contributed by atoms with Gasteiger partial charge in [-0.05, 0) is 33.4 Å². The zero-order valence-electron chi connectivity index (χ0n) is 41.3. The number of ketones is 1. The van der Waals surface area contributed by atoms with Gasteiger partial charge in [0, 0.05) is 26.4 Å². The first kappa shape index (κ1) is 55.8. The maximum Gasteiger partial charge on any atom is 0.411 e. The first-order valence-electron chi connectivity index (χ1n) is 23.1. The second-order valence-corrected chi connectivity index (χ2v) is 16.9. The van der Waals surface area contributed by atoms with Gasteiger partial charge in [-0.15, -0.1) is 0 Å². The summed E-state index contributed by atoms with van der Waals surface area (Å²) in [6.07, 6.45) is 2.63. The van der Waals surface area contributed by atoms with E-state index in [4.69, 9.17) is 28.4 Å². The van der Waals surface area contributed by atoms with Crippen LogP contribution in [0, 0.1) is 0 Å². The molecule has 73 heavy (non-hydrogen) atoms. The normalized spacial score (nSPS) is 20.7. The van der Waals surface area contributed by atoms with E-state index >= 15 is 0 Å². The molecule has 7 rings (SSSR count). The molecule has 1 N–H and O–H groups in total. The van der Waals surface area contributed by atoms with Crippen LogP contribution in [-0.4, -0.2) is 148 Å². The van der Waals surface area contributed by atoms with Crippen molar-refractivity contribution in [2.24, 2.45) is 0 Å². The number of aliphatic hydroxyl groups is 1. The summed E-state index contributed by atoms with van der Waals surface area (Å²) < 4.78 is 35.1. The van der Waals surface area contributed by atoms with Crippen LogP contribution in [0.1, 0.15) is 30.4 Å². The Morgan fingerprint density at radius 3 is 1.34 bits per heavy atom. The number of ether oxygens (including phenoxy) is 7. The zero-order chi connectivity index (χ0) is 53.1. The number of β-amino-alcohol motifs (C(OH)–C–C–N with tert-alkyl or cyclic N) is 1. The highest BCUT2D eigenvalue weighted by molar-refractivity contribution is 5.95. The predicted molar refractivity (Wildman–Crippen MR) is 267 cm³/mol. The van der Waals surface area contributed by atoms with Crippen LogP contribution in [0.15, 0.2) is 147 Å². The highest BCUT2D eigenvalue weighted by Gasteiger charge is 2.52. The average Bonchev–Trinajstić information content (AvgIpc) is 4.15. The topological polar surface area (TPSA) is 214 Å². The second kappa shape index (κ2) is 26.4. The molecule has 3 fully saturated rings.